The third kappa shape index (κ3) is 9.01. The molecule has 0 aliphatic rings. The average molecular weight is 361 g/mol. The minimum atomic E-state index is -1.58. The van der Waals surface area contributed by atoms with Gasteiger partial charge in [0.05, 0.1) is 12.1 Å². The number of carbonyl (C=O) groups is 4. The van der Waals surface area contributed by atoms with Crippen LogP contribution in [0.25, 0.3) is 0 Å². The highest BCUT2D eigenvalue weighted by Crippen LogP contribution is 2.05. The molecule has 0 spiro atoms. The number of rotatable bonds is 11. The summed E-state index contributed by atoms with van der Waals surface area (Å²) in [6.45, 7) is 4.91. The summed E-state index contributed by atoms with van der Waals surface area (Å²) < 4.78 is 0. The molecular formula is C15H27N3O7. The van der Waals surface area contributed by atoms with Gasteiger partial charge in [-0.05, 0) is 25.7 Å². The second-order valence-electron chi connectivity index (χ2n) is 6.29. The van der Waals surface area contributed by atoms with E-state index in [0.717, 1.165) is 0 Å². The van der Waals surface area contributed by atoms with Crippen molar-refractivity contribution in [3.63, 3.8) is 0 Å². The first-order chi connectivity index (χ1) is 11.5. The lowest BCUT2D eigenvalue weighted by molar-refractivity contribution is -0.145. The Morgan fingerprint density at radius 3 is 1.96 bits per heavy atom. The summed E-state index contributed by atoms with van der Waals surface area (Å²) in [6.07, 6.45) is -1.66. The van der Waals surface area contributed by atoms with E-state index in [0.29, 0.717) is 6.42 Å². The maximum absolute atomic E-state index is 12.2. The molecule has 10 nitrogen and oxygen atoms in total. The number of carbonyl (C=O) groups excluding carboxylic acids is 2. The van der Waals surface area contributed by atoms with E-state index in [9.17, 15) is 24.3 Å². The highest BCUT2D eigenvalue weighted by molar-refractivity contribution is 5.92. The lowest BCUT2D eigenvalue weighted by Gasteiger charge is -2.24. The molecule has 144 valence electrons. The summed E-state index contributed by atoms with van der Waals surface area (Å²) in [5.41, 5.74) is 5.73. The van der Waals surface area contributed by atoms with Gasteiger partial charge in [0.1, 0.15) is 6.04 Å². The zero-order chi connectivity index (χ0) is 19.7. The van der Waals surface area contributed by atoms with Crippen LogP contribution in [-0.2, 0) is 19.2 Å². The lowest BCUT2D eigenvalue weighted by Crippen LogP contribution is -2.56. The fraction of sp³-hybridized carbons (Fsp3) is 0.733. The number of hydrogen-bond acceptors (Lipinski definition) is 6. The van der Waals surface area contributed by atoms with Crippen LogP contribution in [-0.4, -0.2) is 63.3 Å². The van der Waals surface area contributed by atoms with Crippen LogP contribution >= 0.6 is 0 Å². The fourth-order valence-corrected chi connectivity index (χ4v) is 2.07. The van der Waals surface area contributed by atoms with Crippen molar-refractivity contribution in [2.45, 2.75) is 64.3 Å². The molecule has 2 amide bonds. The summed E-state index contributed by atoms with van der Waals surface area (Å²) in [5, 5.41) is 31.6. The van der Waals surface area contributed by atoms with E-state index in [-0.39, 0.29) is 12.3 Å². The van der Waals surface area contributed by atoms with Crippen LogP contribution < -0.4 is 16.4 Å². The van der Waals surface area contributed by atoms with E-state index in [4.69, 9.17) is 15.9 Å². The molecule has 0 rings (SSSR count). The molecule has 0 radical (unpaired) electrons. The molecular weight excluding hydrogens is 334 g/mol. The van der Waals surface area contributed by atoms with E-state index in [1.807, 2.05) is 13.8 Å². The lowest BCUT2D eigenvalue weighted by atomic mass is 10.0. The van der Waals surface area contributed by atoms with Crippen LogP contribution in [0.2, 0.25) is 0 Å². The number of nitrogens with two attached hydrogens (primary N) is 1. The largest absolute Gasteiger partial charge is 0.481 e. The smallest absolute Gasteiger partial charge is 0.328 e. The van der Waals surface area contributed by atoms with Crippen LogP contribution in [0.3, 0.4) is 0 Å². The van der Waals surface area contributed by atoms with Gasteiger partial charge in [-0.2, -0.15) is 0 Å². The first-order valence-corrected chi connectivity index (χ1v) is 7.94. The monoisotopic (exact) mass is 361 g/mol. The Kier molecular flexibility index (Phi) is 9.69. The van der Waals surface area contributed by atoms with Gasteiger partial charge in [0.2, 0.25) is 11.8 Å². The van der Waals surface area contributed by atoms with Crippen molar-refractivity contribution in [1.82, 2.24) is 10.6 Å². The summed E-state index contributed by atoms with van der Waals surface area (Å²) in [4.78, 5) is 46.1. The third-order valence-electron chi connectivity index (χ3n) is 3.39. The van der Waals surface area contributed by atoms with E-state index in [1.165, 1.54) is 6.92 Å². The van der Waals surface area contributed by atoms with Crippen molar-refractivity contribution < 1.29 is 34.5 Å². The molecule has 25 heavy (non-hydrogen) atoms. The molecule has 0 fully saturated rings. The maximum Gasteiger partial charge on any atom is 0.328 e. The van der Waals surface area contributed by atoms with Crippen LogP contribution in [0.4, 0.5) is 0 Å². The van der Waals surface area contributed by atoms with Crippen molar-refractivity contribution in [3.8, 4) is 0 Å². The molecule has 0 saturated carbocycles. The maximum atomic E-state index is 12.2. The standard InChI is InChI=1S/C15H27N3O7/c1-7(2)6-9(16)13(22)17-10(4-5-11(20)21)14(23)18-12(8(3)19)15(24)25/h7-10,12,19H,4-6,16H2,1-3H3,(H,17,22)(H,18,23)(H,20,21)(H,24,25)/t8-,9+,10+,12+/m1/s1. The summed E-state index contributed by atoms with van der Waals surface area (Å²) >= 11 is 0. The Morgan fingerprint density at radius 2 is 1.56 bits per heavy atom. The van der Waals surface area contributed by atoms with Crippen LogP contribution in [0, 0.1) is 5.92 Å². The molecule has 0 aromatic heterocycles. The Morgan fingerprint density at radius 1 is 1.00 bits per heavy atom. The molecule has 0 unspecified atom stereocenters. The molecule has 0 aliphatic carbocycles. The van der Waals surface area contributed by atoms with Crippen molar-refractivity contribution in [2.75, 3.05) is 0 Å². The summed E-state index contributed by atoms with van der Waals surface area (Å²) in [5.74, 6) is -4.03. The molecule has 0 aliphatic heterocycles. The molecule has 0 saturated heterocycles. The number of hydrogen-bond donors (Lipinski definition) is 6. The molecule has 0 heterocycles. The topological polar surface area (TPSA) is 179 Å². The Bertz CT molecular complexity index is 494. The fourth-order valence-electron chi connectivity index (χ4n) is 2.07. The molecule has 0 aromatic rings. The average Bonchev–Trinajstić information content (AvgIpc) is 2.46. The molecule has 0 aromatic carbocycles. The number of amides is 2. The SMILES string of the molecule is CC(C)C[C@H](N)C(=O)N[C@@H](CCC(=O)O)C(=O)N[C@H](C(=O)O)[C@@H](C)O. The van der Waals surface area contributed by atoms with Gasteiger partial charge in [0, 0.05) is 6.42 Å². The third-order valence-corrected chi connectivity index (χ3v) is 3.39. The van der Waals surface area contributed by atoms with E-state index < -0.39 is 54.4 Å². The second kappa shape index (κ2) is 10.6. The van der Waals surface area contributed by atoms with E-state index in [1.54, 1.807) is 0 Å². The van der Waals surface area contributed by atoms with E-state index >= 15 is 0 Å². The number of aliphatic hydroxyl groups excluding tert-OH is 1. The second-order valence-corrected chi connectivity index (χ2v) is 6.29. The Balaban J connectivity index is 5.07. The van der Waals surface area contributed by atoms with Gasteiger partial charge in [0.25, 0.3) is 0 Å². The molecule has 10 heteroatoms. The Labute approximate surface area is 145 Å². The van der Waals surface area contributed by atoms with Gasteiger partial charge in [-0.3, -0.25) is 14.4 Å². The van der Waals surface area contributed by atoms with Gasteiger partial charge in [-0.15, -0.1) is 0 Å². The van der Waals surface area contributed by atoms with Crippen molar-refractivity contribution in [3.05, 3.63) is 0 Å². The zero-order valence-corrected chi connectivity index (χ0v) is 14.6. The minimum Gasteiger partial charge on any atom is -0.481 e. The molecule has 0 bridgehead atoms. The van der Waals surface area contributed by atoms with E-state index in [2.05, 4.69) is 10.6 Å². The summed E-state index contributed by atoms with van der Waals surface area (Å²) in [6, 6.07) is -3.74. The first kappa shape index (κ1) is 22.8. The van der Waals surface area contributed by atoms with Gasteiger partial charge in [-0.1, -0.05) is 13.8 Å². The number of nitrogens with one attached hydrogen (secondary N) is 2. The van der Waals surface area contributed by atoms with Crippen molar-refractivity contribution in [1.29, 1.82) is 0 Å². The minimum absolute atomic E-state index is 0.138. The van der Waals surface area contributed by atoms with Gasteiger partial charge in [-0.25, -0.2) is 4.79 Å². The van der Waals surface area contributed by atoms with Gasteiger partial charge < -0.3 is 31.7 Å². The zero-order valence-electron chi connectivity index (χ0n) is 14.6. The highest BCUT2D eigenvalue weighted by Gasteiger charge is 2.30. The van der Waals surface area contributed by atoms with Gasteiger partial charge >= 0.3 is 11.9 Å². The normalized spacial score (nSPS) is 15.8. The first-order valence-electron chi connectivity index (χ1n) is 7.94. The van der Waals surface area contributed by atoms with Gasteiger partial charge in [0.15, 0.2) is 6.04 Å². The predicted molar refractivity (Wildman–Crippen MR) is 87.5 cm³/mol. The Hall–Kier alpha value is -2.20. The number of carboxylic acids is 2. The van der Waals surface area contributed by atoms with Crippen molar-refractivity contribution >= 4 is 23.8 Å². The van der Waals surface area contributed by atoms with Crippen LogP contribution in [0.5, 0.6) is 0 Å². The predicted octanol–water partition coefficient (Wildman–Crippen LogP) is -1.34. The molecule has 7 N–H and O–H groups in total. The molecule has 4 atom stereocenters. The number of carboxylic acid groups (broad SMARTS) is 2. The van der Waals surface area contributed by atoms with Crippen molar-refractivity contribution in [2.24, 2.45) is 11.7 Å². The van der Waals surface area contributed by atoms with Crippen LogP contribution in [0.1, 0.15) is 40.0 Å². The number of aliphatic hydroxyl groups is 1. The van der Waals surface area contributed by atoms with Crippen LogP contribution in [0.15, 0.2) is 0 Å². The summed E-state index contributed by atoms with van der Waals surface area (Å²) in [7, 11) is 0. The number of aliphatic carboxylic acids is 2. The quantitative estimate of drug-likeness (QED) is 0.261. The highest BCUT2D eigenvalue weighted by atomic mass is 16.4.